The number of hydrogen-bond donors (Lipinski definition) is 1. The Morgan fingerprint density at radius 2 is 2.24 bits per heavy atom. The number of halogens is 1. The van der Waals surface area contributed by atoms with Crippen LogP contribution in [0.3, 0.4) is 0 Å². The topological polar surface area (TPSA) is 90.1 Å². The predicted octanol–water partition coefficient (Wildman–Crippen LogP) is 2.39. The third-order valence-corrected chi connectivity index (χ3v) is 3.41. The first-order valence-corrected chi connectivity index (χ1v) is 7.03. The van der Waals surface area contributed by atoms with Gasteiger partial charge in [-0.1, -0.05) is 0 Å². The molecule has 8 heteroatoms. The van der Waals surface area contributed by atoms with Crippen LogP contribution in [0.25, 0.3) is 0 Å². The third kappa shape index (κ3) is 3.46. The number of hydrogen-bond acceptors (Lipinski definition) is 5. The summed E-state index contributed by atoms with van der Waals surface area (Å²) in [6.45, 7) is 2.81. The molecule has 0 aliphatic rings. The lowest BCUT2D eigenvalue weighted by molar-refractivity contribution is -0.384. The Balaban J connectivity index is 2.45. The van der Waals surface area contributed by atoms with E-state index in [1.807, 2.05) is 6.92 Å². The third-order valence-electron chi connectivity index (χ3n) is 2.87. The average Bonchev–Trinajstić information content (AvgIpc) is 2.45. The standard InChI is InChI=1S/C13H13BrN4O3/c1-2-16-12-4-3-10(18(20)21)5-9(12)7-17-8-15-6-11(14)13(17)19/h3-6,8,16H,2,7H2,1H3. The van der Waals surface area contributed by atoms with Crippen LogP contribution < -0.4 is 10.9 Å². The Labute approximate surface area is 128 Å². The molecule has 0 aliphatic carbocycles. The summed E-state index contributed by atoms with van der Waals surface area (Å²) in [5.74, 6) is 0. The maximum absolute atomic E-state index is 12.0. The maximum atomic E-state index is 12.0. The number of non-ortho nitro benzene ring substituents is 1. The molecular weight excluding hydrogens is 340 g/mol. The maximum Gasteiger partial charge on any atom is 0.269 e. The second kappa shape index (κ2) is 6.49. The van der Waals surface area contributed by atoms with Gasteiger partial charge in [-0.25, -0.2) is 4.98 Å². The zero-order valence-corrected chi connectivity index (χ0v) is 12.8. The van der Waals surface area contributed by atoms with Crippen molar-refractivity contribution in [1.29, 1.82) is 0 Å². The van der Waals surface area contributed by atoms with Crippen LogP contribution in [-0.4, -0.2) is 21.0 Å². The van der Waals surface area contributed by atoms with Gasteiger partial charge in [0.05, 0.1) is 17.8 Å². The van der Waals surface area contributed by atoms with Gasteiger partial charge in [0.2, 0.25) is 0 Å². The van der Waals surface area contributed by atoms with Crippen molar-refractivity contribution in [2.75, 3.05) is 11.9 Å². The predicted molar refractivity (Wildman–Crippen MR) is 82.6 cm³/mol. The molecule has 1 heterocycles. The van der Waals surface area contributed by atoms with Crippen LogP contribution in [0, 0.1) is 10.1 Å². The Kier molecular flexibility index (Phi) is 4.69. The number of aromatic nitrogens is 2. The normalized spacial score (nSPS) is 10.4. The van der Waals surface area contributed by atoms with Gasteiger partial charge in [0.15, 0.2) is 0 Å². The molecule has 0 fully saturated rings. The summed E-state index contributed by atoms with van der Waals surface area (Å²) >= 11 is 3.13. The van der Waals surface area contributed by atoms with E-state index in [9.17, 15) is 14.9 Å². The van der Waals surface area contributed by atoms with Gasteiger partial charge in [-0.05, 0) is 28.9 Å². The Morgan fingerprint density at radius 3 is 2.90 bits per heavy atom. The zero-order valence-electron chi connectivity index (χ0n) is 11.2. The van der Waals surface area contributed by atoms with E-state index in [4.69, 9.17) is 0 Å². The van der Waals surface area contributed by atoms with Crippen molar-refractivity contribution in [2.24, 2.45) is 0 Å². The van der Waals surface area contributed by atoms with Gasteiger partial charge in [0, 0.05) is 36.1 Å². The lowest BCUT2D eigenvalue weighted by Gasteiger charge is -2.12. The van der Waals surface area contributed by atoms with Crippen LogP contribution in [-0.2, 0) is 6.54 Å². The molecule has 0 atom stereocenters. The highest BCUT2D eigenvalue weighted by atomic mass is 79.9. The molecule has 1 aromatic carbocycles. The first kappa shape index (κ1) is 15.2. The van der Waals surface area contributed by atoms with Crippen molar-refractivity contribution in [2.45, 2.75) is 13.5 Å². The summed E-state index contributed by atoms with van der Waals surface area (Å²) in [4.78, 5) is 26.4. The van der Waals surface area contributed by atoms with Gasteiger partial charge >= 0.3 is 0 Å². The Morgan fingerprint density at radius 1 is 1.48 bits per heavy atom. The SMILES string of the molecule is CCNc1ccc([N+](=O)[O-])cc1Cn1cncc(Br)c1=O. The molecule has 7 nitrogen and oxygen atoms in total. The van der Waals surface area contributed by atoms with Gasteiger partial charge in [0.1, 0.15) is 4.47 Å². The lowest BCUT2D eigenvalue weighted by Crippen LogP contribution is -2.21. The number of nitro groups is 1. The first-order valence-electron chi connectivity index (χ1n) is 6.24. The lowest BCUT2D eigenvalue weighted by atomic mass is 10.1. The molecule has 0 amide bonds. The van der Waals surface area contributed by atoms with Crippen LogP contribution >= 0.6 is 15.9 Å². The van der Waals surface area contributed by atoms with Gasteiger partial charge in [-0.2, -0.15) is 0 Å². The van der Waals surface area contributed by atoms with E-state index in [0.29, 0.717) is 16.6 Å². The minimum atomic E-state index is -0.457. The molecule has 2 aromatic rings. The van der Waals surface area contributed by atoms with E-state index < -0.39 is 4.92 Å². The molecule has 21 heavy (non-hydrogen) atoms. The Hall–Kier alpha value is -2.22. The van der Waals surface area contributed by atoms with Crippen molar-refractivity contribution < 1.29 is 4.92 Å². The fourth-order valence-electron chi connectivity index (χ4n) is 1.91. The summed E-state index contributed by atoms with van der Waals surface area (Å²) in [5.41, 5.74) is 1.17. The highest BCUT2D eigenvalue weighted by Crippen LogP contribution is 2.22. The number of nitrogens with zero attached hydrogens (tertiary/aromatic N) is 3. The summed E-state index contributed by atoms with van der Waals surface area (Å²) in [5, 5.41) is 14.0. The van der Waals surface area contributed by atoms with Crippen LogP contribution in [0.1, 0.15) is 12.5 Å². The minimum Gasteiger partial charge on any atom is -0.385 e. The summed E-state index contributed by atoms with van der Waals surface area (Å²) < 4.78 is 1.74. The Bertz CT molecular complexity index is 730. The highest BCUT2D eigenvalue weighted by Gasteiger charge is 2.12. The molecular formula is C13H13BrN4O3. The number of nitrogens with one attached hydrogen (secondary N) is 1. The van der Waals surface area contributed by atoms with E-state index >= 15 is 0 Å². The molecule has 2 rings (SSSR count). The molecule has 110 valence electrons. The second-order valence-electron chi connectivity index (χ2n) is 4.30. The number of anilines is 1. The molecule has 0 aliphatic heterocycles. The molecule has 1 aromatic heterocycles. The molecule has 0 spiro atoms. The second-order valence-corrected chi connectivity index (χ2v) is 5.16. The van der Waals surface area contributed by atoms with Crippen LogP contribution in [0.4, 0.5) is 11.4 Å². The molecule has 0 saturated heterocycles. The fraction of sp³-hybridized carbons (Fsp3) is 0.231. The van der Waals surface area contributed by atoms with Gasteiger partial charge in [-0.3, -0.25) is 19.5 Å². The van der Waals surface area contributed by atoms with E-state index in [1.54, 1.807) is 6.07 Å². The molecule has 0 unspecified atom stereocenters. The van der Waals surface area contributed by atoms with E-state index in [0.717, 1.165) is 5.69 Å². The van der Waals surface area contributed by atoms with E-state index in [1.165, 1.54) is 29.2 Å². The van der Waals surface area contributed by atoms with Crippen LogP contribution in [0.5, 0.6) is 0 Å². The van der Waals surface area contributed by atoms with Crippen molar-refractivity contribution in [1.82, 2.24) is 9.55 Å². The van der Waals surface area contributed by atoms with Gasteiger partial charge in [0.25, 0.3) is 11.2 Å². The fourth-order valence-corrected chi connectivity index (χ4v) is 2.25. The molecule has 0 bridgehead atoms. The smallest absolute Gasteiger partial charge is 0.269 e. The zero-order chi connectivity index (χ0) is 15.4. The van der Waals surface area contributed by atoms with Crippen molar-refractivity contribution >= 4 is 27.3 Å². The van der Waals surface area contributed by atoms with Crippen LogP contribution in [0.15, 0.2) is 40.0 Å². The van der Waals surface area contributed by atoms with Crippen molar-refractivity contribution in [3.63, 3.8) is 0 Å². The number of benzene rings is 1. The summed E-state index contributed by atoms with van der Waals surface area (Å²) in [7, 11) is 0. The van der Waals surface area contributed by atoms with Crippen LogP contribution in [0.2, 0.25) is 0 Å². The average molecular weight is 353 g/mol. The highest BCUT2D eigenvalue weighted by molar-refractivity contribution is 9.10. The van der Waals surface area contributed by atoms with E-state index in [-0.39, 0.29) is 17.8 Å². The number of nitro benzene ring substituents is 1. The van der Waals surface area contributed by atoms with Gasteiger partial charge in [-0.15, -0.1) is 0 Å². The van der Waals surface area contributed by atoms with Crippen molar-refractivity contribution in [3.8, 4) is 0 Å². The number of rotatable bonds is 5. The minimum absolute atomic E-state index is 0.0114. The summed E-state index contributed by atoms with van der Waals surface area (Å²) in [6, 6.07) is 4.54. The molecule has 1 N–H and O–H groups in total. The van der Waals surface area contributed by atoms with Crippen molar-refractivity contribution in [3.05, 3.63) is 61.2 Å². The molecule has 0 saturated carbocycles. The molecule has 0 radical (unpaired) electrons. The summed E-state index contributed by atoms with van der Waals surface area (Å²) in [6.07, 6.45) is 2.82. The van der Waals surface area contributed by atoms with Gasteiger partial charge < -0.3 is 5.32 Å². The largest absolute Gasteiger partial charge is 0.385 e. The first-order chi connectivity index (χ1) is 10.0. The monoisotopic (exact) mass is 352 g/mol. The van der Waals surface area contributed by atoms with E-state index in [2.05, 4.69) is 26.2 Å². The quantitative estimate of drug-likeness (QED) is 0.659.